The summed E-state index contributed by atoms with van der Waals surface area (Å²) >= 11 is 0. The van der Waals surface area contributed by atoms with Gasteiger partial charge in [-0.1, -0.05) is 0 Å². The number of likely N-dealkylation sites (tertiary alicyclic amines) is 1. The number of piperazine rings is 1. The molecule has 0 aliphatic carbocycles. The van der Waals surface area contributed by atoms with Crippen molar-refractivity contribution in [2.45, 2.75) is 31.7 Å². The lowest BCUT2D eigenvalue weighted by molar-refractivity contribution is -0.139. The lowest BCUT2D eigenvalue weighted by Gasteiger charge is -2.40. The van der Waals surface area contributed by atoms with Gasteiger partial charge in [0.2, 0.25) is 5.91 Å². The summed E-state index contributed by atoms with van der Waals surface area (Å²) in [4.78, 5) is 31.6. The maximum absolute atomic E-state index is 12.8. The van der Waals surface area contributed by atoms with Gasteiger partial charge in [0.15, 0.2) is 0 Å². The minimum Gasteiger partial charge on any atom is -0.472 e. The Labute approximate surface area is 142 Å². The Balaban J connectivity index is 1.31. The van der Waals surface area contributed by atoms with Crippen LogP contribution in [-0.4, -0.2) is 71.8 Å². The smallest absolute Gasteiger partial charge is 0.257 e. The van der Waals surface area contributed by atoms with Crippen LogP contribution in [0, 0.1) is 5.92 Å². The third-order valence-electron chi connectivity index (χ3n) is 5.80. The Hall–Kier alpha value is -1.82. The lowest BCUT2D eigenvalue weighted by atomic mass is 9.94. The van der Waals surface area contributed by atoms with Crippen molar-refractivity contribution in [2.24, 2.45) is 5.92 Å². The predicted octanol–water partition coefficient (Wildman–Crippen LogP) is 1.44. The number of carbonyl (C=O) groups excluding carboxylic acids is 2. The van der Waals surface area contributed by atoms with Gasteiger partial charge in [0.25, 0.3) is 5.91 Å². The predicted molar refractivity (Wildman–Crippen MR) is 88.5 cm³/mol. The van der Waals surface area contributed by atoms with E-state index < -0.39 is 0 Å². The Morgan fingerprint density at radius 1 is 1.00 bits per heavy atom. The first kappa shape index (κ1) is 15.7. The van der Waals surface area contributed by atoms with E-state index in [2.05, 4.69) is 9.80 Å². The van der Waals surface area contributed by atoms with Crippen LogP contribution in [0.4, 0.5) is 0 Å². The van der Waals surface area contributed by atoms with Gasteiger partial charge in [-0.25, -0.2) is 0 Å². The summed E-state index contributed by atoms with van der Waals surface area (Å²) < 4.78 is 4.99. The number of rotatable bonds is 2. The number of furan rings is 1. The van der Waals surface area contributed by atoms with E-state index in [0.717, 1.165) is 32.5 Å². The second kappa shape index (κ2) is 6.59. The minimum absolute atomic E-state index is 0.00854. The molecule has 0 saturated carbocycles. The fourth-order valence-electron chi connectivity index (χ4n) is 4.35. The fourth-order valence-corrected chi connectivity index (χ4v) is 4.35. The average Bonchev–Trinajstić information content (AvgIpc) is 3.31. The third kappa shape index (κ3) is 2.95. The highest BCUT2D eigenvalue weighted by atomic mass is 16.3. The van der Waals surface area contributed by atoms with Crippen LogP contribution in [0.1, 0.15) is 36.0 Å². The largest absolute Gasteiger partial charge is 0.472 e. The van der Waals surface area contributed by atoms with Crippen LogP contribution < -0.4 is 0 Å². The molecule has 0 N–H and O–H groups in total. The van der Waals surface area contributed by atoms with Crippen molar-refractivity contribution in [2.75, 3.05) is 39.3 Å². The van der Waals surface area contributed by atoms with Crippen LogP contribution in [0.15, 0.2) is 23.0 Å². The molecule has 1 unspecified atom stereocenters. The zero-order valence-corrected chi connectivity index (χ0v) is 14.0. The number of fused-ring (bicyclic) bond motifs is 1. The van der Waals surface area contributed by atoms with Gasteiger partial charge in [-0.2, -0.15) is 0 Å². The first-order chi connectivity index (χ1) is 11.7. The molecule has 3 aliphatic rings. The SMILES string of the molecule is O=C(c1ccoc1)N1CCC(C(=O)N2CCN3CCCC3C2)CC1. The van der Waals surface area contributed by atoms with Gasteiger partial charge >= 0.3 is 0 Å². The number of hydrogen-bond acceptors (Lipinski definition) is 4. The highest BCUT2D eigenvalue weighted by Crippen LogP contribution is 2.26. The van der Waals surface area contributed by atoms with E-state index in [1.165, 1.54) is 31.9 Å². The number of hydrogen-bond donors (Lipinski definition) is 0. The molecule has 1 aromatic rings. The summed E-state index contributed by atoms with van der Waals surface area (Å²) in [6.45, 7) is 5.29. The number of carbonyl (C=O) groups is 2. The third-order valence-corrected chi connectivity index (χ3v) is 5.80. The molecule has 4 heterocycles. The van der Waals surface area contributed by atoms with Crippen LogP contribution in [-0.2, 0) is 4.79 Å². The molecular formula is C18H25N3O3. The first-order valence-corrected chi connectivity index (χ1v) is 9.06. The summed E-state index contributed by atoms with van der Waals surface area (Å²) in [6.07, 6.45) is 7.04. The van der Waals surface area contributed by atoms with Crippen molar-refractivity contribution in [3.05, 3.63) is 24.2 Å². The van der Waals surface area contributed by atoms with Crippen LogP contribution in [0.5, 0.6) is 0 Å². The molecule has 0 radical (unpaired) electrons. The Kier molecular flexibility index (Phi) is 4.31. The maximum atomic E-state index is 12.8. The second-order valence-electron chi connectivity index (χ2n) is 7.19. The normalized spacial score (nSPS) is 25.8. The van der Waals surface area contributed by atoms with Crippen molar-refractivity contribution in [3.63, 3.8) is 0 Å². The Morgan fingerprint density at radius 3 is 2.58 bits per heavy atom. The molecule has 1 atom stereocenters. The van der Waals surface area contributed by atoms with Crippen molar-refractivity contribution < 1.29 is 14.0 Å². The second-order valence-corrected chi connectivity index (χ2v) is 7.19. The van der Waals surface area contributed by atoms with Crippen molar-refractivity contribution in [1.82, 2.24) is 14.7 Å². The number of nitrogens with zero attached hydrogens (tertiary/aromatic N) is 3. The van der Waals surface area contributed by atoms with Crippen LogP contribution >= 0.6 is 0 Å². The average molecular weight is 331 g/mol. The maximum Gasteiger partial charge on any atom is 0.257 e. The minimum atomic E-state index is 0.00854. The lowest BCUT2D eigenvalue weighted by Crippen LogP contribution is -2.54. The monoisotopic (exact) mass is 331 g/mol. The van der Waals surface area contributed by atoms with Crippen molar-refractivity contribution in [3.8, 4) is 0 Å². The summed E-state index contributed by atoms with van der Waals surface area (Å²) in [5, 5.41) is 0. The molecule has 3 aliphatic heterocycles. The fraction of sp³-hybridized carbons (Fsp3) is 0.667. The molecule has 0 spiro atoms. The molecule has 2 amide bonds. The molecule has 6 nitrogen and oxygen atoms in total. The van der Waals surface area contributed by atoms with Gasteiger partial charge in [-0.15, -0.1) is 0 Å². The van der Waals surface area contributed by atoms with Gasteiger partial charge < -0.3 is 14.2 Å². The molecule has 1 aromatic heterocycles. The Morgan fingerprint density at radius 2 is 1.83 bits per heavy atom. The highest BCUT2D eigenvalue weighted by Gasteiger charge is 2.36. The van der Waals surface area contributed by atoms with E-state index >= 15 is 0 Å². The zero-order valence-electron chi connectivity index (χ0n) is 14.0. The van der Waals surface area contributed by atoms with Crippen molar-refractivity contribution in [1.29, 1.82) is 0 Å². The summed E-state index contributed by atoms with van der Waals surface area (Å²) in [6, 6.07) is 2.27. The molecule has 6 heteroatoms. The summed E-state index contributed by atoms with van der Waals surface area (Å²) in [5.74, 6) is 0.387. The molecule has 4 rings (SSSR count). The van der Waals surface area contributed by atoms with Gasteiger partial charge in [-0.05, 0) is 38.3 Å². The highest BCUT2D eigenvalue weighted by molar-refractivity contribution is 5.94. The van der Waals surface area contributed by atoms with Gasteiger partial charge in [0.05, 0.1) is 11.8 Å². The van der Waals surface area contributed by atoms with E-state index in [1.807, 2.05) is 4.90 Å². The van der Waals surface area contributed by atoms with Gasteiger partial charge in [0, 0.05) is 44.7 Å². The van der Waals surface area contributed by atoms with Crippen LogP contribution in [0.2, 0.25) is 0 Å². The molecule has 24 heavy (non-hydrogen) atoms. The Bertz CT molecular complexity index is 593. The van der Waals surface area contributed by atoms with E-state index in [9.17, 15) is 9.59 Å². The molecule has 0 aromatic carbocycles. The molecule has 3 saturated heterocycles. The summed E-state index contributed by atoms with van der Waals surface area (Å²) in [7, 11) is 0. The molecular weight excluding hydrogens is 306 g/mol. The quantitative estimate of drug-likeness (QED) is 0.823. The van der Waals surface area contributed by atoms with E-state index in [0.29, 0.717) is 30.6 Å². The first-order valence-electron chi connectivity index (χ1n) is 9.06. The van der Waals surface area contributed by atoms with Crippen LogP contribution in [0.25, 0.3) is 0 Å². The number of amides is 2. The van der Waals surface area contributed by atoms with Crippen molar-refractivity contribution >= 4 is 11.8 Å². The number of piperidine rings is 1. The molecule has 3 fully saturated rings. The zero-order chi connectivity index (χ0) is 16.5. The van der Waals surface area contributed by atoms with Crippen LogP contribution in [0.3, 0.4) is 0 Å². The standard InChI is InChI=1S/C18H25N3O3/c22-17(21-10-9-19-6-1-2-16(19)12-21)14-3-7-20(8-4-14)18(23)15-5-11-24-13-15/h5,11,13-14,16H,1-4,6-10,12H2. The van der Waals surface area contributed by atoms with E-state index in [4.69, 9.17) is 4.42 Å². The topological polar surface area (TPSA) is 57.0 Å². The molecule has 0 bridgehead atoms. The van der Waals surface area contributed by atoms with E-state index in [-0.39, 0.29) is 11.8 Å². The summed E-state index contributed by atoms with van der Waals surface area (Å²) in [5.41, 5.74) is 0.595. The van der Waals surface area contributed by atoms with E-state index in [1.54, 1.807) is 6.07 Å². The van der Waals surface area contributed by atoms with Gasteiger partial charge in [-0.3, -0.25) is 14.5 Å². The van der Waals surface area contributed by atoms with Gasteiger partial charge in [0.1, 0.15) is 6.26 Å². The molecule has 130 valence electrons.